The van der Waals surface area contributed by atoms with Crippen molar-refractivity contribution in [1.82, 2.24) is 10.2 Å². The predicted molar refractivity (Wildman–Crippen MR) is 153 cm³/mol. The maximum Gasteiger partial charge on any atom is 0.266 e. The quantitative estimate of drug-likeness (QED) is 0.460. The number of piperazine rings is 1. The van der Waals surface area contributed by atoms with E-state index in [4.69, 9.17) is 4.74 Å². The zero-order valence-electron chi connectivity index (χ0n) is 22.7. The minimum absolute atomic E-state index is 0.185. The van der Waals surface area contributed by atoms with Crippen LogP contribution in [0.4, 0.5) is 5.69 Å². The first-order valence-corrected chi connectivity index (χ1v) is 13.7. The second-order valence-corrected chi connectivity index (χ2v) is 11.4. The molecule has 0 aliphatic carbocycles. The van der Waals surface area contributed by atoms with Gasteiger partial charge in [-0.3, -0.25) is 19.3 Å². The fourth-order valence-corrected chi connectivity index (χ4v) is 6.82. The van der Waals surface area contributed by atoms with E-state index in [0.717, 1.165) is 16.8 Å². The molecule has 204 valence electrons. The Hall–Kier alpha value is -4.39. The molecule has 4 atom stereocenters. The number of rotatable bonds is 7. The van der Waals surface area contributed by atoms with Gasteiger partial charge in [-0.2, -0.15) is 0 Å². The monoisotopic (exact) mass is 535 g/mol. The summed E-state index contributed by atoms with van der Waals surface area (Å²) < 4.78 is 5.88. The molecule has 0 aromatic heterocycles. The zero-order valence-corrected chi connectivity index (χ0v) is 22.7. The number of hydrogen-bond acceptors (Lipinski definition) is 4. The van der Waals surface area contributed by atoms with Gasteiger partial charge in [0.15, 0.2) is 6.61 Å². The summed E-state index contributed by atoms with van der Waals surface area (Å²) in [4.78, 5) is 45.3. The van der Waals surface area contributed by atoms with Gasteiger partial charge in [0.1, 0.15) is 24.0 Å². The van der Waals surface area contributed by atoms with Crippen molar-refractivity contribution >= 4 is 23.4 Å². The first kappa shape index (κ1) is 25.9. The topological polar surface area (TPSA) is 79.0 Å². The first-order valence-electron chi connectivity index (χ1n) is 13.7. The normalized spacial score (nSPS) is 25.1. The molecule has 40 heavy (non-hydrogen) atoms. The Morgan fingerprint density at radius 2 is 1.68 bits per heavy atom. The number of benzene rings is 3. The van der Waals surface area contributed by atoms with Crippen molar-refractivity contribution in [2.24, 2.45) is 5.41 Å². The van der Waals surface area contributed by atoms with Gasteiger partial charge < -0.3 is 15.0 Å². The Labute approximate surface area is 234 Å². The number of anilines is 1. The number of allylic oxidation sites excluding steroid dienone is 1. The van der Waals surface area contributed by atoms with E-state index in [2.05, 4.69) is 25.7 Å². The maximum absolute atomic E-state index is 14.3. The van der Waals surface area contributed by atoms with Crippen molar-refractivity contribution in [2.75, 3.05) is 11.5 Å². The van der Waals surface area contributed by atoms with Crippen LogP contribution in [0.2, 0.25) is 0 Å². The molecular formula is C33H33N3O4. The largest absolute Gasteiger partial charge is 0.484 e. The van der Waals surface area contributed by atoms with Crippen molar-refractivity contribution < 1.29 is 19.1 Å². The number of para-hydroxylation sites is 2. The highest BCUT2D eigenvalue weighted by Crippen LogP contribution is 2.62. The molecule has 0 radical (unpaired) electrons. The Kier molecular flexibility index (Phi) is 6.25. The van der Waals surface area contributed by atoms with E-state index in [9.17, 15) is 14.4 Å². The van der Waals surface area contributed by atoms with Crippen LogP contribution < -0.4 is 15.0 Å². The Bertz CT molecular complexity index is 1470. The lowest BCUT2D eigenvalue weighted by Gasteiger charge is -2.46. The molecule has 0 bridgehead atoms. The van der Waals surface area contributed by atoms with Crippen LogP contribution in [0.1, 0.15) is 31.4 Å². The molecular weight excluding hydrogens is 502 g/mol. The summed E-state index contributed by atoms with van der Waals surface area (Å²) in [6.45, 7) is 8.08. The smallest absolute Gasteiger partial charge is 0.266 e. The average molecular weight is 536 g/mol. The highest BCUT2D eigenvalue weighted by molar-refractivity contribution is 6.03. The Morgan fingerprint density at radius 3 is 2.38 bits per heavy atom. The lowest BCUT2D eigenvalue weighted by atomic mass is 9.60. The summed E-state index contributed by atoms with van der Waals surface area (Å²) in [6.07, 6.45) is 1.93. The molecule has 3 aliphatic rings. The molecule has 3 aromatic rings. The second kappa shape index (κ2) is 9.66. The number of nitrogens with zero attached hydrogens (tertiary/aromatic N) is 2. The van der Waals surface area contributed by atoms with Gasteiger partial charge in [0, 0.05) is 17.5 Å². The third-order valence-electron chi connectivity index (χ3n) is 8.93. The van der Waals surface area contributed by atoms with Gasteiger partial charge in [0.2, 0.25) is 11.8 Å². The summed E-state index contributed by atoms with van der Waals surface area (Å²) in [5.74, 6) is -0.0712. The van der Waals surface area contributed by atoms with Crippen LogP contribution in [0.5, 0.6) is 5.75 Å². The van der Waals surface area contributed by atoms with E-state index in [1.807, 2.05) is 78.9 Å². The molecule has 3 aliphatic heterocycles. The van der Waals surface area contributed by atoms with Crippen LogP contribution in [-0.4, -0.2) is 47.5 Å². The van der Waals surface area contributed by atoms with Gasteiger partial charge in [0.05, 0.1) is 0 Å². The van der Waals surface area contributed by atoms with Gasteiger partial charge in [-0.1, -0.05) is 86.7 Å². The van der Waals surface area contributed by atoms with Gasteiger partial charge in [0.25, 0.3) is 5.91 Å². The van der Waals surface area contributed by atoms with E-state index in [0.29, 0.717) is 18.6 Å². The number of fused-ring (bicyclic) bond motifs is 5. The van der Waals surface area contributed by atoms with E-state index in [-0.39, 0.29) is 24.3 Å². The SMILES string of the molecule is C=CC(C)(C)[C@@]12C[C@H]3C(=O)N[C@@H](Cc4ccccc4)C(=O)N3[C@@H]1N(C(=O)COc1ccccc1)c1ccccc12. The third kappa shape index (κ3) is 3.83. The van der Waals surface area contributed by atoms with Crippen LogP contribution >= 0.6 is 0 Å². The number of amides is 3. The molecule has 3 amide bonds. The summed E-state index contributed by atoms with van der Waals surface area (Å²) in [7, 11) is 0. The highest BCUT2D eigenvalue weighted by Gasteiger charge is 2.70. The van der Waals surface area contributed by atoms with Crippen LogP contribution in [0, 0.1) is 5.41 Å². The van der Waals surface area contributed by atoms with Gasteiger partial charge in [-0.05, 0) is 41.2 Å². The zero-order chi connectivity index (χ0) is 28.1. The van der Waals surface area contributed by atoms with Crippen LogP contribution in [0.25, 0.3) is 0 Å². The van der Waals surface area contributed by atoms with Crippen molar-refractivity contribution in [3.05, 3.63) is 109 Å². The Morgan fingerprint density at radius 1 is 1.02 bits per heavy atom. The molecule has 1 N–H and O–H groups in total. The molecule has 7 heteroatoms. The molecule has 0 spiro atoms. The molecule has 2 fully saturated rings. The number of carbonyl (C=O) groups excluding carboxylic acids is 3. The summed E-state index contributed by atoms with van der Waals surface area (Å²) >= 11 is 0. The molecule has 0 saturated carbocycles. The summed E-state index contributed by atoms with van der Waals surface area (Å²) in [5.41, 5.74) is 1.33. The molecule has 2 saturated heterocycles. The number of carbonyl (C=O) groups is 3. The van der Waals surface area contributed by atoms with E-state index < -0.39 is 29.1 Å². The van der Waals surface area contributed by atoms with E-state index >= 15 is 0 Å². The van der Waals surface area contributed by atoms with Crippen LogP contribution in [-0.2, 0) is 26.2 Å². The van der Waals surface area contributed by atoms with Crippen molar-refractivity contribution in [1.29, 1.82) is 0 Å². The average Bonchev–Trinajstić information content (AvgIpc) is 3.48. The van der Waals surface area contributed by atoms with Crippen LogP contribution in [0.3, 0.4) is 0 Å². The minimum Gasteiger partial charge on any atom is -0.484 e. The molecule has 3 heterocycles. The fraction of sp³-hybridized carbons (Fsp3) is 0.303. The van der Waals surface area contributed by atoms with Gasteiger partial charge in [-0.25, -0.2) is 0 Å². The molecule has 3 aromatic carbocycles. The summed E-state index contributed by atoms with van der Waals surface area (Å²) in [5, 5.41) is 2.99. The Balaban J connectivity index is 1.44. The van der Waals surface area contributed by atoms with Crippen molar-refractivity contribution in [2.45, 2.75) is 50.4 Å². The number of hydrogen-bond donors (Lipinski definition) is 1. The summed E-state index contributed by atoms with van der Waals surface area (Å²) in [6, 6.07) is 25.2. The van der Waals surface area contributed by atoms with Crippen molar-refractivity contribution in [3.63, 3.8) is 0 Å². The first-order chi connectivity index (χ1) is 19.3. The standard InChI is InChI=1S/C33H33N3O4/c1-4-32(2,3)33-20-27-29(38)34-25(19-22-13-7-5-8-14-22)30(39)36(27)31(33)35(26-18-12-11-17-24(26)33)28(37)21-40-23-15-9-6-10-16-23/h4-18,25,27,31H,1,19-21H2,2-3H3,(H,34,38)/t25-,27-,31-,33+/m0/s1. The van der Waals surface area contributed by atoms with E-state index in [1.165, 1.54) is 0 Å². The molecule has 6 rings (SSSR count). The van der Waals surface area contributed by atoms with Crippen LogP contribution in [0.15, 0.2) is 97.6 Å². The molecule has 0 unspecified atom stereocenters. The highest BCUT2D eigenvalue weighted by atomic mass is 16.5. The second-order valence-electron chi connectivity index (χ2n) is 11.4. The minimum atomic E-state index is -0.743. The lowest BCUT2D eigenvalue weighted by Crippen LogP contribution is -2.67. The molecule has 7 nitrogen and oxygen atoms in total. The fourth-order valence-electron chi connectivity index (χ4n) is 6.82. The number of nitrogens with one attached hydrogen (secondary N) is 1. The predicted octanol–water partition coefficient (Wildman–Crippen LogP) is 4.23. The van der Waals surface area contributed by atoms with Gasteiger partial charge in [-0.15, -0.1) is 6.58 Å². The third-order valence-corrected chi connectivity index (χ3v) is 8.93. The number of ether oxygens (including phenoxy) is 1. The maximum atomic E-state index is 14.3. The van der Waals surface area contributed by atoms with Gasteiger partial charge >= 0.3 is 0 Å². The van der Waals surface area contributed by atoms with E-state index in [1.54, 1.807) is 21.9 Å². The van der Waals surface area contributed by atoms with Crippen molar-refractivity contribution in [3.8, 4) is 5.75 Å². The lowest BCUT2D eigenvalue weighted by molar-refractivity contribution is -0.149.